The average molecular weight is 407 g/mol. The van der Waals surface area contributed by atoms with E-state index in [2.05, 4.69) is 25.7 Å². The minimum absolute atomic E-state index is 0.0899. The standard InChI is InChI=1S/C21H25N7O2/c1-2-30-19-10-8-17(9-11-19)22-21(29)27-14-12-26(13-15-27)16-20-23-24-25-28(20)18-6-4-3-5-7-18/h3-11H,2,12-16H2,1H3,(H,22,29). The predicted molar refractivity (Wildman–Crippen MR) is 113 cm³/mol. The number of anilines is 1. The van der Waals surface area contributed by atoms with Crippen LogP contribution in [0.4, 0.5) is 10.5 Å². The molecular weight excluding hydrogens is 382 g/mol. The normalized spacial score (nSPS) is 14.5. The fraction of sp³-hybridized carbons (Fsp3) is 0.333. The van der Waals surface area contributed by atoms with Gasteiger partial charge in [0.05, 0.1) is 18.8 Å². The van der Waals surface area contributed by atoms with Gasteiger partial charge in [-0.15, -0.1) is 5.10 Å². The van der Waals surface area contributed by atoms with Crippen molar-refractivity contribution in [3.05, 3.63) is 60.4 Å². The number of nitrogens with zero attached hydrogens (tertiary/aromatic N) is 6. The Morgan fingerprint density at radius 1 is 1.03 bits per heavy atom. The molecule has 1 aliphatic heterocycles. The number of benzene rings is 2. The Hall–Kier alpha value is -3.46. The fourth-order valence-electron chi connectivity index (χ4n) is 3.39. The lowest BCUT2D eigenvalue weighted by Gasteiger charge is -2.34. The highest BCUT2D eigenvalue weighted by Crippen LogP contribution is 2.17. The molecule has 1 fully saturated rings. The zero-order chi connectivity index (χ0) is 20.8. The molecule has 2 aromatic carbocycles. The van der Waals surface area contributed by atoms with Crippen molar-refractivity contribution in [2.24, 2.45) is 0 Å². The van der Waals surface area contributed by atoms with Gasteiger partial charge in [0.1, 0.15) is 5.75 Å². The number of tetrazole rings is 1. The van der Waals surface area contributed by atoms with E-state index >= 15 is 0 Å². The molecule has 1 N–H and O–H groups in total. The highest BCUT2D eigenvalue weighted by atomic mass is 16.5. The van der Waals surface area contributed by atoms with Crippen LogP contribution in [0.2, 0.25) is 0 Å². The van der Waals surface area contributed by atoms with Gasteiger partial charge in [-0.3, -0.25) is 4.90 Å². The summed E-state index contributed by atoms with van der Waals surface area (Å²) < 4.78 is 7.18. The van der Waals surface area contributed by atoms with Gasteiger partial charge in [-0.1, -0.05) is 18.2 Å². The molecule has 4 rings (SSSR count). The summed E-state index contributed by atoms with van der Waals surface area (Å²) >= 11 is 0. The van der Waals surface area contributed by atoms with Gasteiger partial charge in [-0.05, 0) is 53.7 Å². The number of rotatable bonds is 6. The number of carbonyl (C=O) groups is 1. The number of nitrogens with one attached hydrogen (secondary N) is 1. The van der Waals surface area contributed by atoms with Gasteiger partial charge in [0.25, 0.3) is 0 Å². The Balaban J connectivity index is 1.29. The predicted octanol–water partition coefficient (Wildman–Crippen LogP) is 2.41. The van der Waals surface area contributed by atoms with Crippen molar-refractivity contribution < 1.29 is 9.53 Å². The molecule has 1 aliphatic rings. The second-order valence-corrected chi connectivity index (χ2v) is 6.99. The van der Waals surface area contributed by atoms with Gasteiger partial charge >= 0.3 is 6.03 Å². The lowest BCUT2D eigenvalue weighted by molar-refractivity contribution is 0.140. The largest absolute Gasteiger partial charge is 0.494 e. The van der Waals surface area contributed by atoms with Crippen LogP contribution in [0.25, 0.3) is 5.69 Å². The van der Waals surface area contributed by atoms with Crippen LogP contribution in [0.1, 0.15) is 12.7 Å². The molecule has 2 amide bonds. The van der Waals surface area contributed by atoms with Gasteiger partial charge in [0.2, 0.25) is 0 Å². The smallest absolute Gasteiger partial charge is 0.321 e. The van der Waals surface area contributed by atoms with Gasteiger partial charge in [0, 0.05) is 31.9 Å². The number of piperazine rings is 1. The van der Waals surface area contributed by atoms with E-state index in [1.165, 1.54) is 0 Å². The monoisotopic (exact) mass is 407 g/mol. The quantitative estimate of drug-likeness (QED) is 0.675. The van der Waals surface area contributed by atoms with E-state index in [9.17, 15) is 4.79 Å². The van der Waals surface area contributed by atoms with Gasteiger partial charge in [0.15, 0.2) is 5.82 Å². The van der Waals surface area contributed by atoms with Crippen LogP contribution in [-0.2, 0) is 6.54 Å². The van der Waals surface area contributed by atoms with E-state index in [1.54, 1.807) is 4.68 Å². The Morgan fingerprint density at radius 3 is 2.47 bits per heavy atom. The molecule has 0 saturated carbocycles. The van der Waals surface area contributed by atoms with Crippen LogP contribution in [0.3, 0.4) is 0 Å². The molecule has 1 saturated heterocycles. The summed E-state index contributed by atoms with van der Waals surface area (Å²) in [6, 6.07) is 17.2. The third-order valence-corrected chi connectivity index (χ3v) is 4.98. The van der Waals surface area contributed by atoms with Crippen molar-refractivity contribution in [2.75, 3.05) is 38.1 Å². The Labute approximate surface area is 175 Å². The average Bonchev–Trinajstić information content (AvgIpc) is 3.24. The fourth-order valence-corrected chi connectivity index (χ4v) is 3.39. The molecule has 1 aromatic heterocycles. The summed E-state index contributed by atoms with van der Waals surface area (Å²) in [5, 5.41) is 15.1. The Kier molecular flexibility index (Phi) is 6.19. The van der Waals surface area contributed by atoms with Crippen LogP contribution in [0.15, 0.2) is 54.6 Å². The Bertz CT molecular complexity index is 951. The first-order chi connectivity index (χ1) is 14.7. The van der Waals surface area contributed by atoms with E-state index in [1.807, 2.05) is 66.4 Å². The van der Waals surface area contributed by atoms with Crippen LogP contribution < -0.4 is 10.1 Å². The number of para-hydroxylation sites is 1. The van der Waals surface area contributed by atoms with Gasteiger partial charge in [-0.2, -0.15) is 4.68 Å². The number of hydrogen-bond acceptors (Lipinski definition) is 6. The second-order valence-electron chi connectivity index (χ2n) is 6.99. The number of amides is 2. The summed E-state index contributed by atoms with van der Waals surface area (Å²) in [6.45, 7) is 6.02. The number of carbonyl (C=O) groups excluding carboxylic acids is 1. The molecule has 3 aromatic rings. The lowest BCUT2D eigenvalue weighted by atomic mass is 10.3. The zero-order valence-electron chi connectivity index (χ0n) is 16.9. The third-order valence-electron chi connectivity index (χ3n) is 4.98. The molecule has 2 heterocycles. The maximum Gasteiger partial charge on any atom is 0.321 e. The molecule has 9 nitrogen and oxygen atoms in total. The van der Waals surface area contributed by atoms with Crippen molar-refractivity contribution in [2.45, 2.75) is 13.5 Å². The first-order valence-electron chi connectivity index (χ1n) is 10.1. The highest BCUT2D eigenvalue weighted by molar-refractivity contribution is 5.89. The van der Waals surface area contributed by atoms with E-state index in [4.69, 9.17) is 4.74 Å². The summed E-state index contributed by atoms with van der Waals surface area (Å²) in [4.78, 5) is 16.7. The van der Waals surface area contributed by atoms with E-state index < -0.39 is 0 Å². The van der Waals surface area contributed by atoms with Crippen molar-refractivity contribution in [1.82, 2.24) is 30.0 Å². The molecule has 0 aliphatic carbocycles. The summed E-state index contributed by atoms with van der Waals surface area (Å²) in [5.41, 5.74) is 1.69. The summed E-state index contributed by atoms with van der Waals surface area (Å²) in [7, 11) is 0. The second kappa shape index (κ2) is 9.36. The first kappa shape index (κ1) is 19.8. The van der Waals surface area contributed by atoms with Crippen molar-refractivity contribution in [1.29, 1.82) is 0 Å². The summed E-state index contributed by atoms with van der Waals surface area (Å²) in [5.74, 6) is 1.58. The lowest BCUT2D eigenvalue weighted by Crippen LogP contribution is -2.49. The zero-order valence-corrected chi connectivity index (χ0v) is 16.9. The molecule has 0 radical (unpaired) electrons. The number of hydrogen-bond donors (Lipinski definition) is 1. The molecule has 30 heavy (non-hydrogen) atoms. The number of urea groups is 1. The van der Waals surface area contributed by atoms with E-state index in [-0.39, 0.29) is 6.03 Å². The molecular formula is C21H25N7O2. The van der Waals surface area contributed by atoms with Crippen molar-refractivity contribution >= 4 is 11.7 Å². The third kappa shape index (κ3) is 4.74. The van der Waals surface area contributed by atoms with Gasteiger partial charge < -0.3 is 15.0 Å². The van der Waals surface area contributed by atoms with Crippen LogP contribution >= 0.6 is 0 Å². The minimum Gasteiger partial charge on any atom is -0.494 e. The van der Waals surface area contributed by atoms with E-state index in [0.717, 1.165) is 36.0 Å². The van der Waals surface area contributed by atoms with E-state index in [0.29, 0.717) is 26.2 Å². The van der Waals surface area contributed by atoms with Crippen LogP contribution in [0.5, 0.6) is 5.75 Å². The molecule has 0 spiro atoms. The number of aromatic nitrogens is 4. The van der Waals surface area contributed by atoms with Crippen LogP contribution in [0, 0.1) is 0 Å². The minimum atomic E-state index is -0.0899. The van der Waals surface area contributed by atoms with Crippen LogP contribution in [-0.4, -0.2) is 68.8 Å². The van der Waals surface area contributed by atoms with Crippen molar-refractivity contribution in [3.8, 4) is 11.4 Å². The topological polar surface area (TPSA) is 88.4 Å². The van der Waals surface area contributed by atoms with Gasteiger partial charge in [-0.25, -0.2) is 4.79 Å². The Morgan fingerprint density at radius 2 is 1.77 bits per heavy atom. The first-order valence-corrected chi connectivity index (χ1v) is 10.1. The molecule has 0 bridgehead atoms. The highest BCUT2D eigenvalue weighted by Gasteiger charge is 2.23. The maximum absolute atomic E-state index is 12.6. The molecule has 0 unspecified atom stereocenters. The summed E-state index contributed by atoms with van der Waals surface area (Å²) in [6.07, 6.45) is 0. The molecule has 156 valence electrons. The number of ether oxygens (including phenoxy) is 1. The van der Waals surface area contributed by atoms with Crippen molar-refractivity contribution in [3.63, 3.8) is 0 Å². The maximum atomic E-state index is 12.6. The SMILES string of the molecule is CCOc1ccc(NC(=O)N2CCN(Cc3nnnn3-c3ccccc3)CC2)cc1. The molecule has 0 atom stereocenters. The molecule has 9 heteroatoms.